The fourth-order valence-electron chi connectivity index (χ4n) is 2.97. The Morgan fingerprint density at radius 2 is 2.00 bits per heavy atom. The summed E-state index contributed by atoms with van der Waals surface area (Å²) in [6, 6.07) is 10.6. The summed E-state index contributed by atoms with van der Waals surface area (Å²) in [5.41, 5.74) is 10.8. The van der Waals surface area contributed by atoms with Crippen molar-refractivity contribution in [2.45, 2.75) is 32.1 Å². The molecule has 0 spiro atoms. The Bertz CT molecular complexity index is 789. The first kappa shape index (κ1) is 14.9. The number of fused-ring (bicyclic) bond motifs is 1. The first-order valence-electron chi connectivity index (χ1n) is 7.71. The molecule has 116 valence electrons. The van der Waals surface area contributed by atoms with Gasteiger partial charge in [-0.25, -0.2) is 0 Å². The number of benzene rings is 1. The van der Waals surface area contributed by atoms with E-state index < -0.39 is 0 Å². The maximum absolute atomic E-state index is 6.10. The number of H-pyrrole nitrogens is 1. The number of aromatic nitrogens is 3. The third-order valence-corrected chi connectivity index (χ3v) is 4.28. The van der Waals surface area contributed by atoms with Crippen molar-refractivity contribution in [1.82, 2.24) is 14.8 Å². The highest BCUT2D eigenvalue weighted by Crippen LogP contribution is 2.32. The lowest BCUT2D eigenvalue weighted by molar-refractivity contribution is 0.567. The fraction of sp³-hybridized carbons (Fsp3) is 0.389. The van der Waals surface area contributed by atoms with Crippen LogP contribution in [0.1, 0.15) is 43.6 Å². The summed E-state index contributed by atoms with van der Waals surface area (Å²) in [5.74, 6) is 0.134. The van der Waals surface area contributed by atoms with Crippen molar-refractivity contribution in [2.24, 2.45) is 12.8 Å². The van der Waals surface area contributed by atoms with Gasteiger partial charge in [0.15, 0.2) is 0 Å². The van der Waals surface area contributed by atoms with E-state index in [1.807, 2.05) is 0 Å². The minimum absolute atomic E-state index is 0.0344. The quantitative estimate of drug-likeness (QED) is 0.779. The van der Waals surface area contributed by atoms with E-state index in [1.165, 1.54) is 16.5 Å². The average molecular weight is 296 g/mol. The molecule has 3 rings (SSSR count). The highest BCUT2D eigenvalue weighted by atomic mass is 15.1. The van der Waals surface area contributed by atoms with Crippen LogP contribution in [0.25, 0.3) is 10.9 Å². The number of hydrogen-bond donors (Lipinski definition) is 2. The third-order valence-electron chi connectivity index (χ3n) is 4.28. The molecule has 0 bridgehead atoms. The average Bonchev–Trinajstić information content (AvgIpc) is 3.07. The topological polar surface area (TPSA) is 59.6 Å². The second-order valence-electron chi connectivity index (χ2n) is 6.96. The van der Waals surface area contributed by atoms with Crippen LogP contribution in [0.4, 0.5) is 0 Å². The van der Waals surface area contributed by atoms with Crippen molar-refractivity contribution in [3.8, 4) is 0 Å². The Labute approximate surface area is 131 Å². The first-order valence-corrected chi connectivity index (χ1v) is 7.71. The van der Waals surface area contributed by atoms with Gasteiger partial charge in [-0.2, -0.15) is 5.10 Å². The maximum atomic E-state index is 6.10. The number of aromatic amines is 1. The molecule has 2 aromatic heterocycles. The molecular formula is C18H24N4. The lowest BCUT2D eigenvalue weighted by atomic mass is 9.90. The van der Waals surface area contributed by atoms with E-state index in [0.717, 1.165) is 11.4 Å². The van der Waals surface area contributed by atoms with Gasteiger partial charge in [-0.3, -0.25) is 5.10 Å². The molecule has 4 nitrogen and oxygen atoms in total. The van der Waals surface area contributed by atoms with Crippen LogP contribution < -0.4 is 5.73 Å². The molecule has 0 amide bonds. The van der Waals surface area contributed by atoms with Crippen LogP contribution >= 0.6 is 0 Å². The van der Waals surface area contributed by atoms with Gasteiger partial charge < -0.3 is 10.3 Å². The second kappa shape index (κ2) is 5.29. The molecule has 1 unspecified atom stereocenters. The molecular weight excluding hydrogens is 272 g/mol. The van der Waals surface area contributed by atoms with E-state index >= 15 is 0 Å². The van der Waals surface area contributed by atoms with Gasteiger partial charge in [0.2, 0.25) is 0 Å². The summed E-state index contributed by atoms with van der Waals surface area (Å²) in [5, 5.41) is 8.93. The van der Waals surface area contributed by atoms with Crippen molar-refractivity contribution in [2.75, 3.05) is 6.54 Å². The van der Waals surface area contributed by atoms with Gasteiger partial charge in [-0.1, -0.05) is 39.0 Å². The summed E-state index contributed by atoms with van der Waals surface area (Å²) >= 11 is 0. The third kappa shape index (κ3) is 2.44. The van der Waals surface area contributed by atoms with Gasteiger partial charge in [-0.05, 0) is 17.7 Å². The molecule has 22 heavy (non-hydrogen) atoms. The van der Waals surface area contributed by atoms with Gasteiger partial charge in [0, 0.05) is 47.7 Å². The molecule has 1 atom stereocenters. The number of rotatable bonds is 3. The van der Waals surface area contributed by atoms with Gasteiger partial charge in [0.05, 0.1) is 5.69 Å². The largest absolute Gasteiger partial charge is 0.350 e. The lowest BCUT2D eigenvalue weighted by Crippen LogP contribution is -2.14. The molecule has 0 aliphatic heterocycles. The molecule has 3 aromatic rings. The standard InChI is InChI=1S/C18H24N4/c1-18(2,3)17-9-15(20-21-17)13(10-19)14-11-22(4)16-8-6-5-7-12(14)16/h5-9,11,13H,10,19H2,1-4H3,(H,20,21). The smallest absolute Gasteiger partial charge is 0.0678 e. The Morgan fingerprint density at radius 3 is 2.64 bits per heavy atom. The van der Waals surface area contributed by atoms with Crippen LogP contribution in [-0.4, -0.2) is 21.3 Å². The van der Waals surface area contributed by atoms with Crippen molar-refractivity contribution in [3.05, 3.63) is 53.5 Å². The van der Waals surface area contributed by atoms with E-state index in [0.29, 0.717) is 6.54 Å². The molecule has 0 radical (unpaired) electrons. The number of nitrogens with two attached hydrogens (primary N) is 1. The van der Waals surface area contributed by atoms with Crippen LogP contribution in [0.15, 0.2) is 36.5 Å². The zero-order valence-electron chi connectivity index (χ0n) is 13.7. The van der Waals surface area contributed by atoms with Gasteiger partial charge in [0.25, 0.3) is 0 Å². The highest BCUT2D eigenvalue weighted by Gasteiger charge is 2.23. The molecule has 4 heteroatoms. The highest BCUT2D eigenvalue weighted by molar-refractivity contribution is 5.84. The van der Waals surface area contributed by atoms with Crippen molar-refractivity contribution >= 4 is 10.9 Å². The Morgan fingerprint density at radius 1 is 1.27 bits per heavy atom. The Kier molecular flexibility index (Phi) is 3.57. The SMILES string of the molecule is Cn1cc(C(CN)c2cc(C(C)(C)C)n[nH]2)c2ccccc21. The molecule has 3 N–H and O–H groups in total. The van der Waals surface area contributed by atoms with Gasteiger partial charge >= 0.3 is 0 Å². The zero-order chi connectivity index (χ0) is 15.9. The van der Waals surface area contributed by atoms with Crippen LogP contribution in [0.2, 0.25) is 0 Å². The van der Waals surface area contributed by atoms with Crippen LogP contribution in [-0.2, 0) is 12.5 Å². The maximum Gasteiger partial charge on any atom is 0.0678 e. The van der Waals surface area contributed by atoms with E-state index in [4.69, 9.17) is 5.73 Å². The molecule has 0 saturated carbocycles. The first-order chi connectivity index (χ1) is 10.4. The Balaban J connectivity index is 2.09. The second-order valence-corrected chi connectivity index (χ2v) is 6.96. The van der Waals surface area contributed by atoms with Crippen LogP contribution in [0, 0.1) is 0 Å². The summed E-state index contributed by atoms with van der Waals surface area (Å²) in [4.78, 5) is 0. The van der Waals surface area contributed by atoms with Crippen molar-refractivity contribution in [3.63, 3.8) is 0 Å². The number of nitrogens with one attached hydrogen (secondary N) is 1. The van der Waals surface area contributed by atoms with E-state index in [2.05, 4.69) is 79.1 Å². The normalized spacial score (nSPS) is 13.7. The molecule has 0 aliphatic carbocycles. The molecule has 0 saturated heterocycles. The molecule has 0 aliphatic rings. The number of hydrogen-bond acceptors (Lipinski definition) is 2. The number of nitrogens with zero attached hydrogens (tertiary/aromatic N) is 2. The van der Waals surface area contributed by atoms with E-state index in [-0.39, 0.29) is 11.3 Å². The van der Waals surface area contributed by atoms with Crippen LogP contribution in [0.5, 0.6) is 0 Å². The van der Waals surface area contributed by atoms with Crippen LogP contribution in [0.3, 0.4) is 0 Å². The molecule has 1 aromatic carbocycles. The lowest BCUT2D eigenvalue weighted by Gasteiger charge is -2.14. The molecule has 0 fully saturated rings. The van der Waals surface area contributed by atoms with Gasteiger partial charge in [-0.15, -0.1) is 0 Å². The molecule has 2 heterocycles. The summed E-state index contributed by atoms with van der Waals surface area (Å²) < 4.78 is 2.16. The number of para-hydroxylation sites is 1. The van der Waals surface area contributed by atoms with E-state index in [1.54, 1.807) is 0 Å². The minimum atomic E-state index is 0.0344. The number of aryl methyl sites for hydroxylation is 1. The fourth-order valence-corrected chi connectivity index (χ4v) is 2.97. The van der Waals surface area contributed by atoms with Crippen molar-refractivity contribution in [1.29, 1.82) is 0 Å². The zero-order valence-corrected chi connectivity index (χ0v) is 13.7. The summed E-state index contributed by atoms with van der Waals surface area (Å²) in [6.45, 7) is 7.06. The minimum Gasteiger partial charge on any atom is -0.350 e. The monoisotopic (exact) mass is 296 g/mol. The van der Waals surface area contributed by atoms with E-state index in [9.17, 15) is 0 Å². The summed E-state index contributed by atoms with van der Waals surface area (Å²) in [7, 11) is 2.08. The predicted octanol–water partition coefficient (Wildman–Crippen LogP) is 3.29. The Hall–Kier alpha value is -2.07. The predicted molar refractivity (Wildman–Crippen MR) is 91.1 cm³/mol. The van der Waals surface area contributed by atoms with Gasteiger partial charge in [0.1, 0.15) is 0 Å². The summed E-state index contributed by atoms with van der Waals surface area (Å²) in [6.07, 6.45) is 2.18. The van der Waals surface area contributed by atoms with Crippen molar-refractivity contribution < 1.29 is 0 Å².